The van der Waals surface area contributed by atoms with Crippen molar-refractivity contribution in [2.45, 2.75) is 19.9 Å². The molecule has 0 N–H and O–H groups in total. The molecule has 0 radical (unpaired) electrons. The molecule has 0 unspecified atom stereocenters. The lowest BCUT2D eigenvalue weighted by Gasteiger charge is -2.36. The fourth-order valence-corrected chi connectivity index (χ4v) is 3.30. The van der Waals surface area contributed by atoms with Crippen molar-refractivity contribution in [1.82, 2.24) is 9.80 Å². The van der Waals surface area contributed by atoms with Gasteiger partial charge in [0.2, 0.25) is 0 Å². The van der Waals surface area contributed by atoms with Crippen molar-refractivity contribution in [1.29, 1.82) is 0 Å². The van der Waals surface area contributed by atoms with Crippen molar-refractivity contribution < 1.29 is 9.13 Å². The minimum Gasteiger partial charge on any atom is -0.381 e. The van der Waals surface area contributed by atoms with Crippen LogP contribution in [-0.2, 0) is 11.3 Å². The molecular weight excluding hydrogens is 267 g/mol. The van der Waals surface area contributed by atoms with E-state index in [1.54, 1.807) is 12.1 Å². The number of ether oxygens (including phenoxy) is 1. The van der Waals surface area contributed by atoms with Gasteiger partial charge in [-0.05, 0) is 42.5 Å². The van der Waals surface area contributed by atoms with Crippen LogP contribution >= 0.6 is 0 Å². The number of halogens is 1. The number of piperazine rings is 1. The largest absolute Gasteiger partial charge is 0.381 e. The molecule has 0 aromatic heterocycles. The quantitative estimate of drug-likeness (QED) is 0.847. The van der Waals surface area contributed by atoms with Gasteiger partial charge in [-0.2, -0.15) is 0 Å². The molecule has 4 heteroatoms. The van der Waals surface area contributed by atoms with Crippen molar-refractivity contribution in [3.63, 3.8) is 0 Å². The molecule has 0 spiro atoms. The van der Waals surface area contributed by atoms with Gasteiger partial charge < -0.3 is 9.64 Å². The summed E-state index contributed by atoms with van der Waals surface area (Å²) in [5.74, 6) is 0.593. The molecule has 1 aromatic rings. The molecule has 2 saturated heterocycles. The van der Waals surface area contributed by atoms with E-state index in [2.05, 4.69) is 9.80 Å². The average Bonchev–Trinajstić information content (AvgIpc) is 2.97. The van der Waals surface area contributed by atoms with Gasteiger partial charge in [0, 0.05) is 45.9 Å². The third kappa shape index (κ3) is 4.02. The molecule has 116 valence electrons. The van der Waals surface area contributed by atoms with Crippen molar-refractivity contribution in [2.75, 3.05) is 45.9 Å². The molecule has 3 rings (SSSR count). The normalized spacial score (nSPS) is 24.6. The molecule has 1 atom stereocenters. The Morgan fingerprint density at radius 2 is 1.95 bits per heavy atom. The minimum absolute atomic E-state index is 0.139. The zero-order valence-corrected chi connectivity index (χ0v) is 12.9. The average molecular weight is 292 g/mol. The second kappa shape index (κ2) is 6.86. The minimum atomic E-state index is -0.139. The van der Waals surface area contributed by atoms with E-state index >= 15 is 0 Å². The Hall–Kier alpha value is -0.970. The number of rotatable bonds is 4. The van der Waals surface area contributed by atoms with Gasteiger partial charge >= 0.3 is 0 Å². The maximum absolute atomic E-state index is 13.1. The molecular formula is C17H25FN2O. The summed E-state index contributed by atoms with van der Waals surface area (Å²) in [7, 11) is 0. The molecule has 0 amide bonds. The fourth-order valence-electron chi connectivity index (χ4n) is 3.30. The number of nitrogens with zero attached hydrogens (tertiary/aromatic N) is 2. The van der Waals surface area contributed by atoms with Gasteiger partial charge in [0.15, 0.2) is 0 Å². The monoisotopic (exact) mass is 292 g/mol. The Morgan fingerprint density at radius 3 is 2.62 bits per heavy atom. The lowest BCUT2D eigenvalue weighted by Crippen LogP contribution is -2.47. The Bertz CT molecular complexity index is 466. The molecule has 0 aliphatic carbocycles. The first-order chi connectivity index (χ1) is 10.2. The van der Waals surface area contributed by atoms with Gasteiger partial charge in [-0.3, -0.25) is 4.90 Å². The van der Waals surface area contributed by atoms with Crippen LogP contribution in [0.2, 0.25) is 0 Å². The Balaban J connectivity index is 1.46. The van der Waals surface area contributed by atoms with Crippen LogP contribution in [0.25, 0.3) is 0 Å². The topological polar surface area (TPSA) is 15.7 Å². The second-order valence-corrected chi connectivity index (χ2v) is 6.38. The summed E-state index contributed by atoms with van der Waals surface area (Å²) >= 11 is 0. The van der Waals surface area contributed by atoms with E-state index in [9.17, 15) is 4.39 Å². The Morgan fingerprint density at radius 1 is 1.19 bits per heavy atom. The number of benzene rings is 1. The predicted octanol–water partition coefficient (Wildman–Crippen LogP) is 2.29. The highest BCUT2D eigenvalue weighted by atomic mass is 19.1. The Kier molecular flexibility index (Phi) is 4.88. The van der Waals surface area contributed by atoms with Crippen molar-refractivity contribution >= 4 is 0 Å². The third-order valence-corrected chi connectivity index (χ3v) is 4.70. The van der Waals surface area contributed by atoms with Crippen LogP contribution in [0, 0.1) is 18.7 Å². The molecule has 21 heavy (non-hydrogen) atoms. The van der Waals surface area contributed by atoms with Gasteiger partial charge in [0.05, 0.1) is 6.61 Å². The van der Waals surface area contributed by atoms with Gasteiger partial charge in [0.1, 0.15) is 5.82 Å². The number of aryl methyl sites for hydroxylation is 1. The molecule has 2 heterocycles. The van der Waals surface area contributed by atoms with E-state index < -0.39 is 0 Å². The van der Waals surface area contributed by atoms with E-state index in [0.717, 1.165) is 57.4 Å². The third-order valence-electron chi connectivity index (χ3n) is 4.70. The number of hydrogen-bond donors (Lipinski definition) is 0. The molecule has 2 aliphatic rings. The summed E-state index contributed by atoms with van der Waals surface area (Å²) in [6.45, 7) is 10.5. The van der Waals surface area contributed by atoms with Crippen molar-refractivity contribution in [3.8, 4) is 0 Å². The first-order valence-corrected chi connectivity index (χ1v) is 7.98. The lowest BCUT2D eigenvalue weighted by atomic mass is 10.1. The van der Waals surface area contributed by atoms with Crippen LogP contribution in [0.1, 0.15) is 17.5 Å². The highest BCUT2D eigenvalue weighted by Gasteiger charge is 2.22. The van der Waals surface area contributed by atoms with Crippen LogP contribution in [0.4, 0.5) is 4.39 Å². The smallest absolute Gasteiger partial charge is 0.123 e. The summed E-state index contributed by atoms with van der Waals surface area (Å²) in [6, 6.07) is 5.12. The SMILES string of the molecule is Cc1cc(F)ccc1CN1CCN(C[C@H]2CCOC2)CC1. The van der Waals surface area contributed by atoms with E-state index in [4.69, 9.17) is 4.74 Å². The fraction of sp³-hybridized carbons (Fsp3) is 0.647. The summed E-state index contributed by atoms with van der Waals surface area (Å²) < 4.78 is 18.6. The molecule has 3 nitrogen and oxygen atoms in total. The van der Waals surface area contributed by atoms with Gasteiger partial charge in [-0.25, -0.2) is 4.39 Å². The summed E-state index contributed by atoms with van der Waals surface area (Å²) in [6.07, 6.45) is 1.22. The number of hydrogen-bond acceptors (Lipinski definition) is 3. The first kappa shape index (κ1) is 14.9. The predicted molar refractivity (Wildman–Crippen MR) is 81.8 cm³/mol. The summed E-state index contributed by atoms with van der Waals surface area (Å²) in [5.41, 5.74) is 2.30. The van der Waals surface area contributed by atoms with Crippen molar-refractivity contribution in [3.05, 3.63) is 35.1 Å². The van der Waals surface area contributed by atoms with Crippen molar-refractivity contribution in [2.24, 2.45) is 5.92 Å². The van der Waals surface area contributed by atoms with E-state index in [1.807, 2.05) is 13.0 Å². The van der Waals surface area contributed by atoms with Crippen LogP contribution in [0.5, 0.6) is 0 Å². The zero-order valence-electron chi connectivity index (χ0n) is 12.9. The zero-order chi connectivity index (χ0) is 14.7. The first-order valence-electron chi connectivity index (χ1n) is 7.98. The van der Waals surface area contributed by atoms with Crippen LogP contribution in [0.3, 0.4) is 0 Å². The van der Waals surface area contributed by atoms with Gasteiger partial charge in [-0.15, -0.1) is 0 Å². The molecule has 2 aliphatic heterocycles. The standard InChI is InChI=1S/C17H25FN2O/c1-14-10-17(18)3-2-16(14)12-20-7-5-19(6-8-20)11-15-4-9-21-13-15/h2-3,10,15H,4-9,11-13H2,1H3/t15-/m1/s1. The lowest BCUT2D eigenvalue weighted by molar-refractivity contribution is 0.106. The van der Waals surface area contributed by atoms with Crippen LogP contribution < -0.4 is 0 Å². The van der Waals surface area contributed by atoms with Crippen LogP contribution in [0.15, 0.2) is 18.2 Å². The Labute approximate surface area is 126 Å². The van der Waals surface area contributed by atoms with E-state index in [-0.39, 0.29) is 5.82 Å². The van der Waals surface area contributed by atoms with E-state index in [1.165, 1.54) is 18.5 Å². The highest BCUT2D eigenvalue weighted by Crippen LogP contribution is 2.17. The van der Waals surface area contributed by atoms with Gasteiger partial charge in [0.25, 0.3) is 0 Å². The van der Waals surface area contributed by atoms with E-state index in [0.29, 0.717) is 0 Å². The maximum atomic E-state index is 13.1. The summed E-state index contributed by atoms with van der Waals surface area (Å²) in [5, 5.41) is 0. The summed E-state index contributed by atoms with van der Waals surface area (Å²) in [4.78, 5) is 5.04. The highest BCUT2D eigenvalue weighted by molar-refractivity contribution is 5.26. The van der Waals surface area contributed by atoms with Crippen LogP contribution in [-0.4, -0.2) is 55.7 Å². The van der Waals surface area contributed by atoms with Gasteiger partial charge in [-0.1, -0.05) is 6.07 Å². The molecule has 2 fully saturated rings. The molecule has 0 bridgehead atoms. The second-order valence-electron chi connectivity index (χ2n) is 6.38. The maximum Gasteiger partial charge on any atom is 0.123 e. The molecule has 0 saturated carbocycles. The molecule has 1 aromatic carbocycles.